The Morgan fingerprint density at radius 3 is 2.35 bits per heavy atom. The second kappa shape index (κ2) is 4.05. The van der Waals surface area contributed by atoms with Crippen LogP contribution in [0.25, 0.3) is 11.0 Å². The highest BCUT2D eigenvalue weighted by Crippen LogP contribution is 2.28. The third kappa shape index (κ3) is 1.77. The molecular weight excluding hydrogens is 276 g/mol. The van der Waals surface area contributed by atoms with Crippen molar-refractivity contribution >= 4 is 27.0 Å². The van der Waals surface area contributed by atoms with Crippen LogP contribution >= 0.6 is 15.9 Å². The Morgan fingerprint density at radius 1 is 1.00 bits per heavy atom. The van der Waals surface area contributed by atoms with Gasteiger partial charge in [0.1, 0.15) is 0 Å². The van der Waals surface area contributed by atoms with Gasteiger partial charge in [-0.2, -0.15) is 0 Å². The number of nitrogens with zero attached hydrogens (tertiary/aromatic N) is 2. The summed E-state index contributed by atoms with van der Waals surface area (Å²) in [5, 5.41) is 0. The summed E-state index contributed by atoms with van der Waals surface area (Å²) in [5.74, 6) is 0. The van der Waals surface area contributed by atoms with E-state index in [1.54, 1.807) is 0 Å². The molecule has 0 bridgehead atoms. The van der Waals surface area contributed by atoms with Gasteiger partial charge in [-0.15, -0.1) is 0 Å². The molecule has 0 spiro atoms. The fourth-order valence-corrected chi connectivity index (χ4v) is 2.98. The molecule has 88 valence electrons. The highest BCUT2D eigenvalue weighted by atomic mass is 79.9. The summed E-state index contributed by atoms with van der Waals surface area (Å²) in [6, 6.07) is 2.10. The molecule has 3 heteroatoms. The quantitative estimate of drug-likeness (QED) is 0.736. The van der Waals surface area contributed by atoms with Crippen LogP contribution in [0.3, 0.4) is 0 Å². The van der Waals surface area contributed by atoms with Gasteiger partial charge < -0.3 is 0 Å². The van der Waals surface area contributed by atoms with Crippen molar-refractivity contribution in [1.29, 1.82) is 0 Å². The van der Waals surface area contributed by atoms with E-state index in [4.69, 9.17) is 9.97 Å². The lowest BCUT2D eigenvalue weighted by atomic mass is 9.99. The van der Waals surface area contributed by atoms with Crippen LogP contribution in [0, 0.1) is 13.8 Å². The molecular formula is C14H15BrN2. The van der Waals surface area contributed by atoms with E-state index < -0.39 is 0 Å². The molecule has 1 aliphatic rings. The summed E-state index contributed by atoms with van der Waals surface area (Å²) < 4.78 is 1.13. The average molecular weight is 291 g/mol. The van der Waals surface area contributed by atoms with Crippen molar-refractivity contribution in [3.8, 4) is 0 Å². The maximum atomic E-state index is 4.83. The number of rotatable bonds is 0. The van der Waals surface area contributed by atoms with E-state index >= 15 is 0 Å². The molecule has 0 aliphatic heterocycles. The summed E-state index contributed by atoms with van der Waals surface area (Å²) in [6.45, 7) is 4.26. The van der Waals surface area contributed by atoms with Crippen molar-refractivity contribution in [3.63, 3.8) is 0 Å². The smallest absolute Gasteiger partial charge is 0.0922 e. The van der Waals surface area contributed by atoms with Crippen molar-refractivity contribution in [2.75, 3.05) is 0 Å². The molecule has 0 fully saturated rings. The monoisotopic (exact) mass is 290 g/mol. The van der Waals surface area contributed by atoms with Gasteiger partial charge in [-0.3, -0.25) is 0 Å². The zero-order valence-corrected chi connectivity index (χ0v) is 11.8. The number of fused-ring (bicyclic) bond motifs is 2. The van der Waals surface area contributed by atoms with E-state index in [0.29, 0.717) is 0 Å². The maximum absolute atomic E-state index is 4.83. The van der Waals surface area contributed by atoms with Gasteiger partial charge >= 0.3 is 0 Å². The van der Waals surface area contributed by atoms with Crippen LogP contribution < -0.4 is 0 Å². The van der Waals surface area contributed by atoms with E-state index in [0.717, 1.165) is 28.3 Å². The highest BCUT2D eigenvalue weighted by Gasteiger charge is 2.15. The van der Waals surface area contributed by atoms with Crippen LogP contribution in [-0.2, 0) is 12.8 Å². The first-order valence-corrected chi connectivity index (χ1v) is 6.91. The van der Waals surface area contributed by atoms with Gasteiger partial charge in [0.05, 0.1) is 22.4 Å². The van der Waals surface area contributed by atoms with Crippen molar-refractivity contribution in [3.05, 3.63) is 33.1 Å². The molecule has 0 atom stereocenters. The van der Waals surface area contributed by atoms with Crippen molar-refractivity contribution in [2.24, 2.45) is 0 Å². The van der Waals surface area contributed by atoms with Crippen LogP contribution in [-0.4, -0.2) is 9.97 Å². The summed E-state index contributed by atoms with van der Waals surface area (Å²) >= 11 is 3.60. The standard InChI is InChI=1S/C14H15BrN2/c1-8-9(2)14-13(7-10(8)15)16-11-5-3-4-6-12(11)17-14/h7H,3-6H2,1-2H3. The van der Waals surface area contributed by atoms with E-state index in [1.165, 1.54) is 35.4 Å². The van der Waals surface area contributed by atoms with Crippen LogP contribution in [0.2, 0.25) is 0 Å². The number of aryl methyl sites for hydroxylation is 3. The van der Waals surface area contributed by atoms with Crippen LogP contribution in [0.1, 0.15) is 35.4 Å². The molecule has 2 aromatic rings. The summed E-state index contributed by atoms with van der Waals surface area (Å²) in [5.41, 5.74) is 7.04. The van der Waals surface area contributed by atoms with Gasteiger partial charge in [-0.05, 0) is 56.7 Å². The number of benzene rings is 1. The minimum atomic E-state index is 1.03. The SMILES string of the molecule is Cc1c(Br)cc2nc3c(nc2c1C)CCCC3. The molecule has 0 saturated heterocycles. The molecule has 17 heavy (non-hydrogen) atoms. The average Bonchev–Trinajstić information content (AvgIpc) is 2.34. The zero-order chi connectivity index (χ0) is 12.0. The van der Waals surface area contributed by atoms with E-state index in [-0.39, 0.29) is 0 Å². The molecule has 0 saturated carbocycles. The minimum Gasteiger partial charge on any atom is -0.249 e. The fraction of sp³-hybridized carbons (Fsp3) is 0.429. The number of halogens is 1. The Hall–Kier alpha value is -0.960. The highest BCUT2D eigenvalue weighted by molar-refractivity contribution is 9.10. The van der Waals surface area contributed by atoms with Crippen LogP contribution in [0.4, 0.5) is 0 Å². The first kappa shape index (κ1) is 11.1. The largest absolute Gasteiger partial charge is 0.249 e. The number of hydrogen-bond donors (Lipinski definition) is 0. The fourth-order valence-electron chi connectivity index (χ4n) is 2.47. The molecule has 3 rings (SSSR count). The molecule has 0 amide bonds. The molecule has 1 aliphatic carbocycles. The van der Waals surface area contributed by atoms with Gasteiger partial charge in [-0.25, -0.2) is 9.97 Å². The lowest BCUT2D eigenvalue weighted by Crippen LogP contribution is -2.09. The van der Waals surface area contributed by atoms with E-state index in [2.05, 4.69) is 35.8 Å². The second-order valence-electron chi connectivity index (χ2n) is 4.80. The third-order valence-electron chi connectivity index (χ3n) is 3.69. The van der Waals surface area contributed by atoms with Crippen LogP contribution in [0.15, 0.2) is 10.5 Å². The van der Waals surface area contributed by atoms with Crippen molar-refractivity contribution < 1.29 is 0 Å². The molecule has 1 aromatic heterocycles. The third-order valence-corrected chi connectivity index (χ3v) is 4.52. The maximum Gasteiger partial charge on any atom is 0.0922 e. The Labute approximate surface area is 110 Å². The Balaban J connectivity index is 2.34. The van der Waals surface area contributed by atoms with Crippen molar-refractivity contribution in [1.82, 2.24) is 9.97 Å². The van der Waals surface area contributed by atoms with E-state index in [9.17, 15) is 0 Å². The summed E-state index contributed by atoms with van der Waals surface area (Å²) in [4.78, 5) is 9.62. The first-order valence-electron chi connectivity index (χ1n) is 6.12. The molecule has 1 aromatic carbocycles. The van der Waals surface area contributed by atoms with Gasteiger partial charge in [0, 0.05) is 4.47 Å². The van der Waals surface area contributed by atoms with Crippen molar-refractivity contribution in [2.45, 2.75) is 39.5 Å². The Kier molecular flexibility index (Phi) is 2.66. The first-order chi connectivity index (χ1) is 8.16. The summed E-state index contributed by atoms with van der Waals surface area (Å²) in [6.07, 6.45) is 4.68. The topological polar surface area (TPSA) is 25.8 Å². The van der Waals surface area contributed by atoms with Gasteiger partial charge in [0.15, 0.2) is 0 Å². The predicted molar refractivity (Wildman–Crippen MR) is 73.4 cm³/mol. The predicted octanol–water partition coefficient (Wildman–Crippen LogP) is 3.89. The Bertz CT molecular complexity index is 605. The lowest BCUT2D eigenvalue weighted by molar-refractivity contribution is 0.655. The van der Waals surface area contributed by atoms with Gasteiger partial charge in [0.25, 0.3) is 0 Å². The molecule has 2 nitrogen and oxygen atoms in total. The van der Waals surface area contributed by atoms with Crippen LogP contribution in [0.5, 0.6) is 0 Å². The minimum absolute atomic E-state index is 1.03. The zero-order valence-electron chi connectivity index (χ0n) is 10.2. The normalized spacial score (nSPS) is 15.0. The van der Waals surface area contributed by atoms with Gasteiger partial charge in [0.2, 0.25) is 0 Å². The number of aromatic nitrogens is 2. The summed E-state index contributed by atoms with van der Waals surface area (Å²) in [7, 11) is 0. The Morgan fingerprint density at radius 2 is 1.65 bits per heavy atom. The molecule has 0 radical (unpaired) electrons. The molecule has 0 unspecified atom stereocenters. The van der Waals surface area contributed by atoms with Gasteiger partial charge in [-0.1, -0.05) is 15.9 Å². The van der Waals surface area contributed by atoms with E-state index in [1.807, 2.05) is 0 Å². The molecule has 1 heterocycles. The molecule has 0 N–H and O–H groups in total. The lowest BCUT2D eigenvalue weighted by Gasteiger charge is -2.16. The number of hydrogen-bond acceptors (Lipinski definition) is 2. The second-order valence-corrected chi connectivity index (χ2v) is 5.65.